The van der Waals surface area contributed by atoms with Crippen LogP contribution in [0.4, 0.5) is 21.0 Å². The van der Waals surface area contributed by atoms with E-state index in [1.165, 1.54) is 38.5 Å². The maximum absolute atomic E-state index is 12.1. The molecule has 0 N–H and O–H groups in total. The maximum Gasteiger partial charge on any atom is 0.490 e. The van der Waals surface area contributed by atoms with Crippen LogP contribution in [-0.2, 0) is 18.8 Å². The zero-order valence-electron chi connectivity index (χ0n) is 35.5. The lowest BCUT2D eigenvalue weighted by atomic mass is 9.75. The number of halogens is 1. The van der Waals surface area contributed by atoms with E-state index in [1.807, 2.05) is 81.4 Å². The van der Waals surface area contributed by atoms with Crippen molar-refractivity contribution in [2.24, 2.45) is 0 Å². The van der Waals surface area contributed by atoms with Crippen molar-refractivity contribution in [3.05, 3.63) is 84.8 Å². The van der Waals surface area contributed by atoms with E-state index < -0.39 is 21.0 Å². The molecule has 1 fully saturated rings. The number of amides is 2. The Labute approximate surface area is 345 Å². The van der Waals surface area contributed by atoms with E-state index >= 15 is 0 Å². The van der Waals surface area contributed by atoms with Crippen LogP contribution in [0.2, 0.25) is 5.02 Å². The second-order valence-corrected chi connectivity index (χ2v) is 17.1. The van der Waals surface area contributed by atoms with E-state index in [-0.39, 0.29) is 53.4 Å². The molecule has 1 saturated heterocycles. The van der Waals surface area contributed by atoms with E-state index in [0.29, 0.717) is 37.6 Å². The smallest absolute Gasteiger partial charge is 0.490 e. The Morgan fingerprint density at radius 3 is 1.59 bits per heavy atom. The first kappa shape index (κ1) is 47.5. The van der Waals surface area contributed by atoms with Crippen LogP contribution in [0, 0.1) is 20.2 Å². The average molecular weight is 831 g/mol. The molecule has 0 unspecified atom stereocenters. The molecule has 318 valence electrons. The second kappa shape index (κ2) is 19.3. The Morgan fingerprint density at radius 2 is 1.19 bits per heavy atom. The van der Waals surface area contributed by atoms with Crippen molar-refractivity contribution in [2.45, 2.75) is 104 Å². The number of rotatable bonds is 6. The molecular formula is C40H56BClN4O12. The molecule has 0 aromatic heterocycles. The molecule has 5 rings (SSSR count). The topological polar surface area (TPSA) is 182 Å². The first-order valence-electron chi connectivity index (χ1n) is 18.8. The largest absolute Gasteiger partial charge is 0.490 e. The Kier molecular flexibility index (Phi) is 15.8. The summed E-state index contributed by atoms with van der Waals surface area (Å²) in [5.41, 5.74) is 1.21. The molecule has 16 nitrogen and oxygen atoms in total. The standard InChI is InChI=1S/C17H22N2O5.C16H28BNO4.C7H6ClNO3/c1-17(2,3)24-16(20)18-9-7-12(8-10-18)13-5-6-14(19(21)22)15(11-13)23-4;1-14(2,3)20-13(19)18-10-8-12(9-11-18)17-21-15(4,5)16(6,7)22-17;1-12-7-4-5(8)2-3-6(7)9(10)11/h5-7,11H,8-10H2,1-4H3;8H,9-11H2,1-7H3;2-4H,1H3. The normalized spacial score (nSPS) is 17.3. The number of nitro groups is 2. The molecule has 0 radical (unpaired) electrons. The van der Waals surface area contributed by atoms with E-state index in [9.17, 15) is 29.8 Å². The minimum Gasteiger partial charge on any atom is -0.490 e. The summed E-state index contributed by atoms with van der Waals surface area (Å²) >= 11 is 5.60. The van der Waals surface area contributed by atoms with Crippen LogP contribution in [0.5, 0.6) is 11.5 Å². The van der Waals surface area contributed by atoms with Gasteiger partial charge in [-0.3, -0.25) is 20.2 Å². The number of carbonyl (C=O) groups is 2. The summed E-state index contributed by atoms with van der Waals surface area (Å²) < 4.78 is 32.7. The first-order chi connectivity index (χ1) is 26.8. The summed E-state index contributed by atoms with van der Waals surface area (Å²) in [6, 6.07) is 8.96. The monoisotopic (exact) mass is 830 g/mol. The molecule has 0 aliphatic carbocycles. The highest BCUT2D eigenvalue weighted by molar-refractivity contribution is 6.54. The van der Waals surface area contributed by atoms with E-state index in [4.69, 9.17) is 39.9 Å². The van der Waals surface area contributed by atoms with Crippen LogP contribution in [0.3, 0.4) is 0 Å². The molecule has 0 bridgehead atoms. The van der Waals surface area contributed by atoms with Crippen LogP contribution in [-0.4, -0.2) is 102 Å². The first-order valence-corrected chi connectivity index (χ1v) is 19.2. The van der Waals surface area contributed by atoms with E-state index in [2.05, 4.69) is 0 Å². The Morgan fingerprint density at radius 1 is 0.741 bits per heavy atom. The summed E-state index contributed by atoms with van der Waals surface area (Å²) in [6.07, 6.45) is 4.76. The number of carbonyl (C=O) groups excluding carboxylic acids is 2. The summed E-state index contributed by atoms with van der Waals surface area (Å²) in [5, 5.41) is 21.7. The van der Waals surface area contributed by atoms with Crippen LogP contribution < -0.4 is 9.47 Å². The second-order valence-electron chi connectivity index (χ2n) is 16.7. The van der Waals surface area contributed by atoms with Gasteiger partial charge in [0.25, 0.3) is 0 Å². The maximum atomic E-state index is 12.1. The van der Waals surface area contributed by atoms with Crippen molar-refractivity contribution < 1.29 is 47.7 Å². The summed E-state index contributed by atoms with van der Waals surface area (Å²) in [7, 11) is 2.45. The molecule has 58 heavy (non-hydrogen) atoms. The summed E-state index contributed by atoms with van der Waals surface area (Å²) in [5.74, 6) is 0.403. The third-order valence-electron chi connectivity index (χ3n) is 9.40. The van der Waals surface area contributed by atoms with Gasteiger partial charge in [0, 0.05) is 49.4 Å². The molecule has 3 heterocycles. The lowest BCUT2D eigenvalue weighted by Crippen LogP contribution is -2.41. The van der Waals surface area contributed by atoms with Gasteiger partial charge < -0.3 is 38.1 Å². The van der Waals surface area contributed by atoms with Crippen molar-refractivity contribution >= 4 is 47.9 Å². The van der Waals surface area contributed by atoms with Gasteiger partial charge in [0.15, 0.2) is 11.5 Å². The van der Waals surface area contributed by atoms with Crippen LogP contribution >= 0.6 is 11.6 Å². The van der Waals surface area contributed by atoms with Crippen molar-refractivity contribution in [1.82, 2.24) is 9.80 Å². The third-order valence-corrected chi connectivity index (χ3v) is 9.63. The third kappa shape index (κ3) is 13.3. The predicted molar refractivity (Wildman–Crippen MR) is 221 cm³/mol. The molecule has 2 aromatic rings. The van der Waals surface area contributed by atoms with Gasteiger partial charge in [-0.15, -0.1) is 0 Å². The summed E-state index contributed by atoms with van der Waals surface area (Å²) in [6.45, 7) is 21.5. The predicted octanol–water partition coefficient (Wildman–Crippen LogP) is 9.07. The zero-order chi connectivity index (χ0) is 43.8. The van der Waals surface area contributed by atoms with Crippen molar-refractivity contribution in [2.75, 3.05) is 40.4 Å². The highest BCUT2D eigenvalue weighted by atomic mass is 35.5. The van der Waals surface area contributed by atoms with E-state index in [1.54, 1.807) is 21.9 Å². The quantitative estimate of drug-likeness (QED) is 0.153. The van der Waals surface area contributed by atoms with Crippen LogP contribution in [0.25, 0.3) is 5.57 Å². The fourth-order valence-electron chi connectivity index (χ4n) is 5.64. The number of benzene rings is 2. The average Bonchev–Trinajstić information content (AvgIpc) is 3.36. The van der Waals surface area contributed by atoms with Gasteiger partial charge >= 0.3 is 30.7 Å². The fraction of sp³-hybridized carbons (Fsp3) is 0.550. The molecule has 0 atom stereocenters. The molecule has 0 saturated carbocycles. The van der Waals surface area contributed by atoms with Gasteiger partial charge in [-0.05, 0) is 117 Å². The van der Waals surface area contributed by atoms with Crippen molar-refractivity contribution in [3.8, 4) is 11.5 Å². The number of hydrogen-bond donors (Lipinski definition) is 0. The van der Waals surface area contributed by atoms with Gasteiger partial charge in [-0.25, -0.2) is 9.59 Å². The number of nitro benzene ring substituents is 2. The van der Waals surface area contributed by atoms with Crippen molar-refractivity contribution in [3.63, 3.8) is 0 Å². The number of methoxy groups -OCH3 is 2. The minimum absolute atomic E-state index is 0.0620. The molecule has 2 amide bonds. The number of nitrogens with zero attached hydrogens (tertiary/aromatic N) is 4. The van der Waals surface area contributed by atoms with Crippen LogP contribution in [0.15, 0.2) is 54.0 Å². The molecular weight excluding hydrogens is 775 g/mol. The molecule has 2 aromatic carbocycles. The molecule has 18 heteroatoms. The number of hydrogen-bond acceptors (Lipinski definition) is 12. The SMILES string of the molecule is CC(C)(C)OC(=O)N1CC=C(B2OC(C)(C)C(C)(C)O2)CC1.COc1cc(C2=CCN(C(=O)OC(C)(C)C)CC2)ccc1[N+](=O)[O-].COc1cc(Cl)ccc1[N+](=O)[O-]. The minimum atomic E-state index is -0.521. The Bertz CT molecular complexity index is 1870. The molecule has 0 spiro atoms. The molecule has 3 aliphatic heterocycles. The zero-order valence-corrected chi connectivity index (χ0v) is 36.3. The highest BCUT2D eigenvalue weighted by Gasteiger charge is 2.52. The Balaban J connectivity index is 0.000000245. The fourth-order valence-corrected chi connectivity index (χ4v) is 5.80. The van der Waals surface area contributed by atoms with Gasteiger partial charge in [0.2, 0.25) is 0 Å². The summed E-state index contributed by atoms with van der Waals surface area (Å²) in [4.78, 5) is 47.8. The van der Waals surface area contributed by atoms with Gasteiger partial charge in [0.05, 0.1) is 35.3 Å². The lowest BCUT2D eigenvalue weighted by molar-refractivity contribution is -0.385. The van der Waals surface area contributed by atoms with Crippen LogP contribution in [0.1, 0.15) is 87.6 Å². The molecule has 3 aliphatic rings. The van der Waals surface area contributed by atoms with Gasteiger partial charge in [0.1, 0.15) is 11.2 Å². The van der Waals surface area contributed by atoms with E-state index in [0.717, 1.165) is 23.0 Å². The Hall–Kier alpha value is -4.87. The highest BCUT2D eigenvalue weighted by Crippen LogP contribution is 2.39. The van der Waals surface area contributed by atoms with Gasteiger partial charge in [-0.1, -0.05) is 23.8 Å². The van der Waals surface area contributed by atoms with Crippen molar-refractivity contribution in [1.29, 1.82) is 0 Å². The van der Waals surface area contributed by atoms with Gasteiger partial charge in [-0.2, -0.15) is 0 Å². The number of ether oxygens (including phenoxy) is 4. The lowest BCUT2D eigenvalue weighted by Gasteiger charge is -2.32.